The first-order valence-corrected chi connectivity index (χ1v) is 7.14. The van der Waals surface area contributed by atoms with E-state index in [2.05, 4.69) is 4.90 Å². The van der Waals surface area contributed by atoms with Crippen molar-refractivity contribution in [3.63, 3.8) is 0 Å². The number of anilines is 1. The Morgan fingerprint density at radius 3 is 3.00 bits per heavy atom. The fourth-order valence-electron chi connectivity index (χ4n) is 1.94. The van der Waals surface area contributed by atoms with Crippen LogP contribution in [0.4, 0.5) is 5.69 Å². The maximum atomic E-state index is 11.2. The minimum atomic E-state index is -1.44. The Hall–Kier alpha value is -0.580. The minimum absolute atomic E-state index is 0.296. The molecule has 1 aromatic rings. The lowest BCUT2D eigenvalue weighted by atomic mass is 10.3. The van der Waals surface area contributed by atoms with Gasteiger partial charge in [0.25, 0.3) is 0 Å². The van der Waals surface area contributed by atoms with E-state index in [9.17, 15) is 4.21 Å². The number of nitrogens with zero attached hydrogens (tertiary/aromatic N) is 1. The lowest BCUT2D eigenvalue weighted by Crippen LogP contribution is -2.22. The molecule has 0 saturated carbocycles. The number of hydrogen-bond donors (Lipinski definition) is 0. The summed E-state index contributed by atoms with van der Waals surface area (Å²) in [6.45, 7) is 1.85. The van der Waals surface area contributed by atoms with E-state index in [-0.39, 0.29) is 0 Å². The van der Waals surface area contributed by atoms with Gasteiger partial charge in [0.05, 0.1) is 11.0 Å². The molecule has 1 heterocycles. The van der Waals surface area contributed by atoms with Crippen LogP contribution in [0.1, 0.15) is 6.42 Å². The van der Waals surface area contributed by atoms with Crippen LogP contribution in [0.15, 0.2) is 29.2 Å². The molecular formula is C11H14ClNO2S. The van der Waals surface area contributed by atoms with Crippen molar-refractivity contribution in [2.24, 2.45) is 0 Å². The summed E-state index contributed by atoms with van der Waals surface area (Å²) in [4.78, 5) is 2.88. The van der Waals surface area contributed by atoms with Crippen LogP contribution < -0.4 is 4.90 Å². The summed E-state index contributed by atoms with van der Waals surface area (Å²) >= 11 is 0. The van der Waals surface area contributed by atoms with E-state index >= 15 is 0 Å². The van der Waals surface area contributed by atoms with Crippen molar-refractivity contribution >= 4 is 26.4 Å². The van der Waals surface area contributed by atoms with Crippen LogP contribution in [0.2, 0.25) is 0 Å². The van der Waals surface area contributed by atoms with Gasteiger partial charge in [0.2, 0.25) is 0 Å². The Balaban J connectivity index is 2.15. The SMILES string of the molecule is COC1CCN(c2cccc(S(=O)Cl)c2)C1. The summed E-state index contributed by atoms with van der Waals surface area (Å²) in [6.07, 6.45) is 1.33. The number of ether oxygens (including phenoxy) is 1. The Morgan fingerprint density at radius 1 is 1.56 bits per heavy atom. The van der Waals surface area contributed by atoms with Crippen molar-refractivity contribution < 1.29 is 8.95 Å². The van der Waals surface area contributed by atoms with E-state index in [0.29, 0.717) is 11.0 Å². The van der Waals surface area contributed by atoms with Gasteiger partial charge >= 0.3 is 0 Å². The van der Waals surface area contributed by atoms with Crippen molar-refractivity contribution in [1.29, 1.82) is 0 Å². The van der Waals surface area contributed by atoms with Crippen molar-refractivity contribution in [3.05, 3.63) is 24.3 Å². The van der Waals surface area contributed by atoms with Crippen LogP contribution in [0.5, 0.6) is 0 Å². The second-order valence-corrected chi connectivity index (χ2v) is 5.57. The second kappa shape index (κ2) is 5.17. The first-order chi connectivity index (χ1) is 7.70. The van der Waals surface area contributed by atoms with Crippen molar-refractivity contribution in [2.45, 2.75) is 17.4 Å². The summed E-state index contributed by atoms with van der Waals surface area (Å²) in [5.74, 6) is 0. The van der Waals surface area contributed by atoms with Crippen LogP contribution in [-0.2, 0) is 14.7 Å². The van der Waals surface area contributed by atoms with Crippen molar-refractivity contribution in [2.75, 3.05) is 25.1 Å². The second-order valence-electron chi connectivity index (χ2n) is 3.81. The van der Waals surface area contributed by atoms with E-state index < -0.39 is 10.0 Å². The Kier molecular flexibility index (Phi) is 3.84. The van der Waals surface area contributed by atoms with Crippen LogP contribution in [0.3, 0.4) is 0 Å². The van der Waals surface area contributed by atoms with Crippen molar-refractivity contribution in [3.8, 4) is 0 Å². The highest BCUT2D eigenvalue weighted by molar-refractivity contribution is 8.08. The van der Waals surface area contributed by atoms with Gasteiger partial charge in [-0.25, -0.2) is 4.21 Å². The van der Waals surface area contributed by atoms with E-state index in [1.807, 2.05) is 18.2 Å². The number of hydrogen-bond acceptors (Lipinski definition) is 3. The molecule has 88 valence electrons. The zero-order chi connectivity index (χ0) is 11.5. The molecule has 0 amide bonds. The lowest BCUT2D eigenvalue weighted by molar-refractivity contribution is 0.121. The number of methoxy groups -OCH3 is 1. The normalized spacial score (nSPS) is 22.4. The maximum Gasteiger partial charge on any atom is 0.147 e. The molecule has 2 unspecified atom stereocenters. The molecule has 0 radical (unpaired) electrons. The van der Waals surface area contributed by atoms with Crippen LogP contribution >= 0.6 is 10.7 Å². The summed E-state index contributed by atoms with van der Waals surface area (Å²) in [6, 6.07) is 7.54. The Bertz CT molecular complexity index is 399. The zero-order valence-electron chi connectivity index (χ0n) is 9.06. The van der Waals surface area contributed by atoms with E-state index in [0.717, 1.165) is 25.2 Å². The van der Waals surface area contributed by atoms with Crippen LogP contribution in [-0.4, -0.2) is 30.5 Å². The molecule has 2 rings (SSSR count). The van der Waals surface area contributed by atoms with Gasteiger partial charge in [-0.05, 0) is 35.3 Å². The first-order valence-electron chi connectivity index (χ1n) is 5.16. The van der Waals surface area contributed by atoms with Gasteiger partial charge in [-0.3, -0.25) is 0 Å². The summed E-state index contributed by atoms with van der Waals surface area (Å²) in [5, 5.41) is 0. The Labute approximate surface area is 102 Å². The van der Waals surface area contributed by atoms with Gasteiger partial charge in [0.1, 0.15) is 10.0 Å². The number of rotatable bonds is 3. The Morgan fingerprint density at radius 2 is 2.38 bits per heavy atom. The quantitative estimate of drug-likeness (QED) is 0.780. The lowest BCUT2D eigenvalue weighted by Gasteiger charge is -2.18. The molecule has 1 aliphatic heterocycles. The molecule has 1 aliphatic rings. The predicted molar refractivity (Wildman–Crippen MR) is 66.3 cm³/mol. The molecule has 16 heavy (non-hydrogen) atoms. The molecule has 0 aromatic heterocycles. The van der Waals surface area contributed by atoms with Crippen LogP contribution in [0, 0.1) is 0 Å². The summed E-state index contributed by atoms with van der Waals surface area (Å²) in [5.41, 5.74) is 1.06. The maximum absolute atomic E-state index is 11.2. The van der Waals surface area contributed by atoms with Gasteiger partial charge in [0, 0.05) is 25.9 Å². The highest BCUT2D eigenvalue weighted by Crippen LogP contribution is 2.24. The van der Waals surface area contributed by atoms with E-state index in [1.54, 1.807) is 13.2 Å². The number of halogens is 1. The molecule has 0 N–H and O–H groups in total. The largest absolute Gasteiger partial charge is 0.380 e. The van der Waals surface area contributed by atoms with Gasteiger partial charge < -0.3 is 9.64 Å². The third-order valence-electron chi connectivity index (χ3n) is 2.85. The van der Waals surface area contributed by atoms with Gasteiger partial charge in [-0.2, -0.15) is 0 Å². The smallest absolute Gasteiger partial charge is 0.147 e. The first kappa shape index (κ1) is 11.9. The number of benzene rings is 1. The zero-order valence-corrected chi connectivity index (χ0v) is 10.6. The van der Waals surface area contributed by atoms with Crippen LogP contribution in [0.25, 0.3) is 0 Å². The third kappa shape index (κ3) is 2.56. The molecular weight excluding hydrogens is 246 g/mol. The van der Waals surface area contributed by atoms with Gasteiger partial charge in [-0.1, -0.05) is 6.07 Å². The highest BCUT2D eigenvalue weighted by atomic mass is 35.7. The fraction of sp³-hybridized carbons (Fsp3) is 0.455. The molecule has 3 nitrogen and oxygen atoms in total. The average molecular weight is 260 g/mol. The standard InChI is InChI=1S/C11H14ClNO2S/c1-15-10-5-6-13(8-10)9-3-2-4-11(7-9)16(12)14/h2-4,7,10H,5-6,8H2,1H3. The van der Waals surface area contributed by atoms with Gasteiger partial charge in [0.15, 0.2) is 0 Å². The molecule has 5 heteroatoms. The monoisotopic (exact) mass is 259 g/mol. The van der Waals surface area contributed by atoms with E-state index in [4.69, 9.17) is 15.4 Å². The molecule has 0 aliphatic carbocycles. The molecule has 0 bridgehead atoms. The van der Waals surface area contributed by atoms with Gasteiger partial charge in [-0.15, -0.1) is 0 Å². The minimum Gasteiger partial charge on any atom is -0.380 e. The van der Waals surface area contributed by atoms with Crippen molar-refractivity contribution in [1.82, 2.24) is 0 Å². The topological polar surface area (TPSA) is 29.5 Å². The molecule has 1 saturated heterocycles. The summed E-state index contributed by atoms with van der Waals surface area (Å²) < 4.78 is 16.5. The molecule has 2 atom stereocenters. The summed E-state index contributed by atoms with van der Waals surface area (Å²) in [7, 11) is 5.87. The average Bonchev–Trinajstić information content (AvgIpc) is 2.77. The fourth-order valence-corrected chi connectivity index (χ4v) is 2.62. The molecule has 0 spiro atoms. The third-order valence-corrected chi connectivity index (χ3v) is 4.01. The molecule has 1 fully saturated rings. The highest BCUT2D eigenvalue weighted by Gasteiger charge is 2.22. The van der Waals surface area contributed by atoms with E-state index in [1.165, 1.54) is 0 Å². The predicted octanol–water partition coefficient (Wildman–Crippen LogP) is 2.17. The molecule has 1 aromatic carbocycles.